The molecule has 0 aliphatic heterocycles. The molecule has 0 aromatic carbocycles. The molecule has 0 fully saturated rings. The van der Waals surface area contributed by atoms with Crippen LogP contribution in [-0.2, 0) is 14.3 Å². The van der Waals surface area contributed by atoms with Crippen LogP contribution in [0.4, 0.5) is 0 Å². The van der Waals surface area contributed by atoms with E-state index in [1.54, 1.807) is 6.08 Å². The number of rotatable bonds is 57. The average Bonchev–Trinajstić information content (AvgIpc) is 3.34. The summed E-state index contributed by atoms with van der Waals surface area (Å²) in [6.07, 6.45) is 70.8. The molecule has 2 unspecified atom stereocenters. The van der Waals surface area contributed by atoms with Gasteiger partial charge in [-0.1, -0.05) is 289 Å². The van der Waals surface area contributed by atoms with Crippen LogP contribution in [-0.4, -0.2) is 47.4 Å². The number of nitrogens with one attached hydrogen (secondary N) is 1. The lowest BCUT2D eigenvalue weighted by Gasteiger charge is -2.20. The Kier molecular flexibility index (Phi) is 56.5. The Bertz CT molecular complexity index is 1060. The van der Waals surface area contributed by atoms with Gasteiger partial charge in [-0.2, -0.15) is 0 Å². The zero-order valence-corrected chi connectivity index (χ0v) is 45.9. The summed E-state index contributed by atoms with van der Waals surface area (Å²) >= 11 is 0. The van der Waals surface area contributed by atoms with Gasteiger partial charge >= 0.3 is 5.97 Å². The largest absolute Gasteiger partial charge is 0.466 e. The normalized spacial score (nSPS) is 12.7. The third-order valence-electron chi connectivity index (χ3n) is 14.2. The number of carbonyl (C=O) groups excluding carboxylic acids is 2. The summed E-state index contributed by atoms with van der Waals surface area (Å²) in [6.45, 7) is 4.89. The van der Waals surface area contributed by atoms with Gasteiger partial charge in [0.15, 0.2) is 0 Å². The Labute approximate surface area is 424 Å². The number of unbranched alkanes of at least 4 members (excludes halogenated alkanes) is 44. The summed E-state index contributed by atoms with van der Waals surface area (Å²) in [5, 5.41) is 23.0. The second kappa shape index (κ2) is 57.9. The fourth-order valence-electron chi connectivity index (χ4n) is 9.51. The number of aliphatic hydroxyl groups is 2. The first-order valence-electron chi connectivity index (χ1n) is 30.6. The van der Waals surface area contributed by atoms with Crippen molar-refractivity contribution in [2.45, 2.75) is 347 Å². The summed E-state index contributed by atoms with van der Waals surface area (Å²) < 4.78 is 5.49. The number of esters is 1. The smallest absolute Gasteiger partial charge is 0.305 e. The maximum Gasteiger partial charge on any atom is 0.305 e. The van der Waals surface area contributed by atoms with Crippen LogP contribution in [0.5, 0.6) is 0 Å². The highest BCUT2D eigenvalue weighted by Crippen LogP contribution is 2.17. The Morgan fingerprint density at radius 2 is 0.691 bits per heavy atom. The number of allylic oxidation sites excluding steroid dienone is 3. The van der Waals surface area contributed by atoms with E-state index in [-0.39, 0.29) is 18.5 Å². The minimum absolute atomic E-state index is 0.00865. The predicted octanol–water partition coefficient (Wildman–Crippen LogP) is 19.0. The van der Waals surface area contributed by atoms with Crippen molar-refractivity contribution < 1.29 is 24.5 Å². The number of carbonyl (C=O) groups is 2. The molecule has 0 aromatic heterocycles. The van der Waals surface area contributed by atoms with Crippen LogP contribution in [0.2, 0.25) is 0 Å². The predicted molar refractivity (Wildman–Crippen MR) is 296 cm³/mol. The van der Waals surface area contributed by atoms with Gasteiger partial charge < -0.3 is 20.3 Å². The van der Waals surface area contributed by atoms with Gasteiger partial charge in [0, 0.05) is 12.8 Å². The zero-order chi connectivity index (χ0) is 49.3. The Hall–Kier alpha value is -1.66. The lowest BCUT2D eigenvalue weighted by Crippen LogP contribution is -2.45. The van der Waals surface area contributed by atoms with E-state index in [0.29, 0.717) is 19.4 Å². The highest BCUT2D eigenvalue weighted by Gasteiger charge is 2.18. The number of aliphatic hydroxyl groups excluding tert-OH is 2. The molecule has 0 rings (SSSR count). The van der Waals surface area contributed by atoms with Crippen LogP contribution in [0, 0.1) is 0 Å². The zero-order valence-electron chi connectivity index (χ0n) is 45.9. The van der Waals surface area contributed by atoms with Gasteiger partial charge in [0.1, 0.15) is 0 Å². The number of hydrogen-bond acceptors (Lipinski definition) is 5. The molecule has 0 bridgehead atoms. The van der Waals surface area contributed by atoms with Gasteiger partial charge in [0.25, 0.3) is 0 Å². The van der Waals surface area contributed by atoms with Crippen LogP contribution < -0.4 is 5.32 Å². The van der Waals surface area contributed by atoms with E-state index in [1.165, 1.54) is 263 Å². The summed E-state index contributed by atoms with van der Waals surface area (Å²) in [7, 11) is 0. The number of hydrogen-bond donors (Lipinski definition) is 3. The van der Waals surface area contributed by atoms with Crippen LogP contribution in [0.15, 0.2) is 24.3 Å². The van der Waals surface area contributed by atoms with Crippen LogP contribution in [0.3, 0.4) is 0 Å². The summed E-state index contributed by atoms with van der Waals surface area (Å²) in [5.74, 6) is -0.0587. The monoisotopic (exact) mass is 958 g/mol. The third kappa shape index (κ3) is 53.7. The molecule has 6 nitrogen and oxygen atoms in total. The first-order valence-corrected chi connectivity index (χ1v) is 30.6. The molecule has 0 saturated heterocycles. The molecule has 3 N–H and O–H groups in total. The Morgan fingerprint density at radius 3 is 1.04 bits per heavy atom. The molecular formula is C62H119NO5. The van der Waals surface area contributed by atoms with Gasteiger partial charge in [-0.3, -0.25) is 9.59 Å². The molecule has 0 spiro atoms. The molecule has 0 saturated carbocycles. The van der Waals surface area contributed by atoms with Crippen molar-refractivity contribution in [1.29, 1.82) is 0 Å². The molecule has 6 heteroatoms. The van der Waals surface area contributed by atoms with E-state index < -0.39 is 12.1 Å². The molecule has 0 heterocycles. The topological polar surface area (TPSA) is 95.9 Å². The van der Waals surface area contributed by atoms with Crippen molar-refractivity contribution in [2.24, 2.45) is 0 Å². The minimum Gasteiger partial charge on any atom is -0.466 e. The van der Waals surface area contributed by atoms with Crippen molar-refractivity contribution in [1.82, 2.24) is 5.32 Å². The number of ether oxygens (including phenoxy) is 1. The molecule has 68 heavy (non-hydrogen) atoms. The second-order valence-corrected chi connectivity index (χ2v) is 21.0. The quantitative estimate of drug-likeness (QED) is 0.0321. The van der Waals surface area contributed by atoms with E-state index in [9.17, 15) is 19.8 Å². The van der Waals surface area contributed by atoms with Gasteiger partial charge in [0.2, 0.25) is 5.91 Å². The highest BCUT2D eigenvalue weighted by atomic mass is 16.5. The molecular weight excluding hydrogens is 839 g/mol. The second-order valence-electron chi connectivity index (χ2n) is 21.0. The molecule has 2 atom stereocenters. The van der Waals surface area contributed by atoms with Crippen LogP contribution in [0.1, 0.15) is 335 Å². The lowest BCUT2D eigenvalue weighted by atomic mass is 10.0. The van der Waals surface area contributed by atoms with Crippen molar-refractivity contribution >= 4 is 11.9 Å². The van der Waals surface area contributed by atoms with E-state index in [0.717, 1.165) is 44.9 Å². The highest BCUT2D eigenvalue weighted by molar-refractivity contribution is 5.76. The fourth-order valence-corrected chi connectivity index (χ4v) is 9.51. The standard InChI is InChI=1S/C62H119NO5/c1-3-5-7-9-11-13-15-16-17-30-33-36-40-44-48-52-56-62(67)68-57-53-49-45-41-37-34-31-28-26-24-22-20-18-19-21-23-25-27-29-32-35-39-43-47-51-55-61(66)63-59(58-64)60(65)54-50-46-42-38-14-12-10-8-6-4-2/h17,30,50,54,59-60,64-65H,3-16,18-29,31-49,51-53,55-58H2,1-2H3,(H,63,66)/b30-17-,54-50+. The average molecular weight is 959 g/mol. The molecule has 1 amide bonds. The molecule has 0 aliphatic carbocycles. The Morgan fingerprint density at radius 1 is 0.397 bits per heavy atom. The lowest BCUT2D eigenvalue weighted by molar-refractivity contribution is -0.143. The van der Waals surface area contributed by atoms with Crippen LogP contribution in [0.25, 0.3) is 0 Å². The molecule has 402 valence electrons. The first kappa shape index (κ1) is 66.3. The summed E-state index contributed by atoms with van der Waals surface area (Å²) in [6, 6.07) is -0.624. The van der Waals surface area contributed by atoms with Gasteiger partial charge in [-0.05, 0) is 57.8 Å². The van der Waals surface area contributed by atoms with Crippen LogP contribution >= 0.6 is 0 Å². The summed E-state index contributed by atoms with van der Waals surface area (Å²) in [5.41, 5.74) is 0. The van der Waals surface area contributed by atoms with Gasteiger partial charge in [-0.15, -0.1) is 0 Å². The molecule has 0 aliphatic rings. The SMILES string of the molecule is CCCCCCCCC/C=C\CCCCCCCC(=O)OCCCCCCCCCCCCCCCCCCCCCCCCCCCC(=O)NC(CO)C(O)/C=C/CCCCCCCCCC. The summed E-state index contributed by atoms with van der Waals surface area (Å²) in [4.78, 5) is 24.5. The van der Waals surface area contributed by atoms with E-state index in [2.05, 4.69) is 31.3 Å². The maximum atomic E-state index is 12.4. The maximum absolute atomic E-state index is 12.4. The third-order valence-corrected chi connectivity index (χ3v) is 14.2. The van der Waals surface area contributed by atoms with Gasteiger partial charge in [-0.25, -0.2) is 0 Å². The fraction of sp³-hybridized carbons (Fsp3) is 0.903. The first-order chi connectivity index (χ1) is 33.5. The minimum atomic E-state index is -0.841. The van der Waals surface area contributed by atoms with E-state index in [4.69, 9.17) is 4.74 Å². The van der Waals surface area contributed by atoms with Gasteiger partial charge in [0.05, 0.1) is 25.4 Å². The van der Waals surface area contributed by atoms with Crippen molar-refractivity contribution in [2.75, 3.05) is 13.2 Å². The van der Waals surface area contributed by atoms with Crippen molar-refractivity contribution in [3.05, 3.63) is 24.3 Å². The number of amides is 1. The molecule has 0 radical (unpaired) electrons. The van der Waals surface area contributed by atoms with E-state index >= 15 is 0 Å². The van der Waals surface area contributed by atoms with Crippen molar-refractivity contribution in [3.63, 3.8) is 0 Å². The molecule has 0 aromatic rings. The van der Waals surface area contributed by atoms with E-state index in [1.807, 2.05) is 6.08 Å². The van der Waals surface area contributed by atoms with Crippen molar-refractivity contribution in [3.8, 4) is 0 Å². The Balaban J connectivity index is 3.34.